The normalized spacial score (nSPS) is 12.7. The molecule has 0 amide bonds. The number of hydrogen-bond donors (Lipinski definition) is 0. The molecule has 0 unspecified atom stereocenters. The lowest BCUT2D eigenvalue weighted by molar-refractivity contribution is 0.288. The Bertz CT molecular complexity index is 879. The Morgan fingerprint density at radius 1 is 0.963 bits per heavy atom. The lowest BCUT2D eigenvalue weighted by atomic mass is 10.1. The van der Waals surface area contributed by atoms with E-state index in [-0.39, 0.29) is 22.8 Å². The highest BCUT2D eigenvalue weighted by Gasteiger charge is 2.23. The van der Waals surface area contributed by atoms with Gasteiger partial charge in [0.2, 0.25) is 0 Å². The number of nitrogens with zero attached hydrogens (tertiary/aromatic N) is 2. The fraction of sp³-hybridized carbons (Fsp3) is 0.381. The van der Waals surface area contributed by atoms with Gasteiger partial charge >= 0.3 is 0 Å². The van der Waals surface area contributed by atoms with Crippen LogP contribution in [0.25, 0.3) is 0 Å². The first-order valence-electron chi connectivity index (χ1n) is 9.03. The average Bonchev–Trinajstić information content (AvgIpc) is 2.56. The summed E-state index contributed by atoms with van der Waals surface area (Å²) in [5.74, 6) is 0.126. The van der Waals surface area contributed by atoms with Crippen LogP contribution in [0.5, 0.6) is 0 Å². The van der Waals surface area contributed by atoms with Crippen molar-refractivity contribution in [3.05, 3.63) is 65.5 Å². The van der Waals surface area contributed by atoms with Crippen LogP contribution in [0.3, 0.4) is 0 Å². The minimum absolute atomic E-state index is 0.0671. The van der Waals surface area contributed by atoms with Crippen molar-refractivity contribution in [2.75, 3.05) is 0 Å². The lowest BCUT2D eigenvalue weighted by Gasteiger charge is -2.34. The van der Waals surface area contributed by atoms with Gasteiger partial charge in [-0.3, -0.25) is 0 Å². The van der Waals surface area contributed by atoms with Crippen molar-refractivity contribution in [2.24, 2.45) is 4.40 Å². The first-order chi connectivity index (χ1) is 12.6. The molecule has 0 aliphatic carbocycles. The van der Waals surface area contributed by atoms with E-state index in [1.165, 1.54) is 12.1 Å². The largest absolute Gasteiger partial charge is 0.354 e. The number of amidine groups is 1. The zero-order chi connectivity index (χ0) is 20.2. The molecule has 27 heavy (non-hydrogen) atoms. The quantitative estimate of drug-likeness (QED) is 0.536. The third-order valence-electron chi connectivity index (χ3n) is 4.23. The van der Waals surface area contributed by atoms with Gasteiger partial charge in [-0.1, -0.05) is 29.8 Å². The highest BCUT2D eigenvalue weighted by atomic mass is 32.2. The zero-order valence-electron chi connectivity index (χ0n) is 16.5. The molecule has 0 aliphatic heterocycles. The summed E-state index contributed by atoms with van der Waals surface area (Å²) >= 11 is 0. The minimum Gasteiger partial charge on any atom is -0.354 e. The fourth-order valence-electron chi connectivity index (χ4n) is 3.05. The molecule has 0 fully saturated rings. The van der Waals surface area contributed by atoms with Crippen molar-refractivity contribution in [2.45, 2.75) is 58.0 Å². The maximum absolute atomic E-state index is 13.2. The number of sulfonamides is 1. The van der Waals surface area contributed by atoms with Gasteiger partial charge in [0.1, 0.15) is 11.7 Å². The highest BCUT2D eigenvalue weighted by Crippen LogP contribution is 2.18. The van der Waals surface area contributed by atoms with E-state index in [1.807, 2.05) is 39.5 Å². The first-order valence-corrected chi connectivity index (χ1v) is 10.5. The standard InChI is InChI=1S/C21H27FN2O2S/c1-15(2)24(16(3)4)21(14-18-8-10-19(22)11-9-18)23-27(25,26)20-12-6-17(5)7-13-20/h6-13,15-16H,14H2,1-5H3/b23-21-. The Morgan fingerprint density at radius 2 is 1.48 bits per heavy atom. The first kappa shape index (κ1) is 21.1. The second kappa shape index (κ2) is 8.65. The Morgan fingerprint density at radius 3 is 1.96 bits per heavy atom. The molecule has 0 saturated carbocycles. The van der Waals surface area contributed by atoms with E-state index in [9.17, 15) is 12.8 Å². The van der Waals surface area contributed by atoms with Crippen molar-refractivity contribution >= 4 is 15.9 Å². The number of halogens is 1. The second-order valence-electron chi connectivity index (χ2n) is 7.19. The summed E-state index contributed by atoms with van der Waals surface area (Å²) in [5, 5.41) is 0. The smallest absolute Gasteiger partial charge is 0.283 e. The van der Waals surface area contributed by atoms with Gasteiger partial charge in [0.15, 0.2) is 0 Å². The van der Waals surface area contributed by atoms with Crippen LogP contribution in [0.4, 0.5) is 4.39 Å². The predicted octanol–water partition coefficient (Wildman–Crippen LogP) is 4.58. The molecule has 4 nitrogen and oxygen atoms in total. The van der Waals surface area contributed by atoms with Crippen molar-refractivity contribution in [3.63, 3.8) is 0 Å². The molecule has 2 aromatic rings. The molecule has 6 heteroatoms. The molecule has 0 atom stereocenters. The van der Waals surface area contributed by atoms with Crippen molar-refractivity contribution < 1.29 is 12.8 Å². The van der Waals surface area contributed by atoms with E-state index in [4.69, 9.17) is 0 Å². The molecule has 0 radical (unpaired) electrons. The number of aryl methyl sites for hydroxylation is 1. The molecule has 0 aliphatic rings. The van der Waals surface area contributed by atoms with Crippen LogP contribution in [-0.2, 0) is 16.4 Å². The fourth-order valence-corrected chi connectivity index (χ4v) is 4.07. The molecular formula is C21H27FN2O2S. The van der Waals surface area contributed by atoms with Crippen molar-refractivity contribution in [3.8, 4) is 0 Å². The van der Waals surface area contributed by atoms with Crippen molar-refractivity contribution in [1.82, 2.24) is 4.90 Å². The van der Waals surface area contributed by atoms with E-state index < -0.39 is 10.0 Å². The van der Waals surface area contributed by atoms with E-state index >= 15 is 0 Å². The maximum Gasteiger partial charge on any atom is 0.283 e. The van der Waals surface area contributed by atoms with Gasteiger partial charge in [-0.15, -0.1) is 4.40 Å². The Labute approximate surface area is 161 Å². The molecule has 2 aromatic carbocycles. The summed E-state index contributed by atoms with van der Waals surface area (Å²) in [4.78, 5) is 2.15. The van der Waals surface area contributed by atoms with Gasteiger partial charge in [-0.05, 0) is 64.4 Å². The maximum atomic E-state index is 13.2. The molecule has 0 bridgehead atoms. The third kappa shape index (κ3) is 5.63. The van der Waals surface area contributed by atoms with Gasteiger partial charge < -0.3 is 4.90 Å². The SMILES string of the molecule is Cc1ccc(S(=O)(=O)/N=C(/Cc2ccc(F)cc2)N(C(C)C)C(C)C)cc1. The van der Waals surface area contributed by atoms with E-state index in [1.54, 1.807) is 36.4 Å². The summed E-state index contributed by atoms with van der Waals surface area (Å²) in [6, 6.07) is 12.8. The summed E-state index contributed by atoms with van der Waals surface area (Å²) in [6.45, 7) is 9.90. The molecular weight excluding hydrogens is 363 g/mol. The molecule has 0 spiro atoms. The second-order valence-corrected chi connectivity index (χ2v) is 8.80. The number of hydrogen-bond acceptors (Lipinski definition) is 2. The molecule has 2 rings (SSSR count). The summed E-state index contributed by atoms with van der Waals surface area (Å²) in [7, 11) is -3.84. The van der Waals surface area contributed by atoms with Gasteiger partial charge in [-0.2, -0.15) is 8.42 Å². The summed E-state index contributed by atoms with van der Waals surface area (Å²) < 4.78 is 43.2. The number of rotatable bonds is 6. The molecule has 0 saturated heterocycles. The molecule has 0 N–H and O–H groups in total. The van der Waals surface area contributed by atoms with Crippen LogP contribution in [0.1, 0.15) is 38.8 Å². The monoisotopic (exact) mass is 390 g/mol. The minimum atomic E-state index is -3.84. The molecule has 0 aromatic heterocycles. The van der Waals surface area contributed by atoms with Crippen LogP contribution in [0.15, 0.2) is 57.8 Å². The zero-order valence-corrected chi connectivity index (χ0v) is 17.3. The molecule has 0 heterocycles. The van der Waals surface area contributed by atoms with E-state index in [0.717, 1.165) is 11.1 Å². The third-order valence-corrected chi connectivity index (χ3v) is 5.55. The predicted molar refractivity (Wildman–Crippen MR) is 108 cm³/mol. The van der Waals surface area contributed by atoms with Crippen LogP contribution in [0, 0.1) is 12.7 Å². The van der Waals surface area contributed by atoms with Crippen LogP contribution in [-0.4, -0.2) is 31.2 Å². The summed E-state index contributed by atoms with van der Waals surface area (Å²) in [6.07, 6.45) is 0.307. The van der Waals surface area contributed by atoms with Crippen molar-refractivity contribution in [1.29, 1.82) is 0 Å². The lowest BCUT2D eigenvalue weighted by Crippen LogP contribution is -2.43. The van der Waals surface area contributed by atoms with Gasteiger partial charge in [-0.25, -0.2) is 4.39 Å². The molecule has 146 valence electrons. The Hall–Kier alpha value is -2.21. The Kier molecular flexibility index (Phi) is 6.76. The van der Waals surface area contributed by atoms with Gasteiger partial charge in [0.25, 0.3) is 10.0 Å². The van der Waals surface area contributed by atoms with Crippen LogP contribution >= 0.6 is 0 Å². The number of benzene rings is 2. The van der Waals surface area contributed by atoms with E-state index in [2.05, 4.69) is 4.40 Å². The van der Waals surface area contributed by atoms with Gasteiger partial charge in [0, 0.05) is 18.5 Å². The average molecular weight is 391 g/mol. The van der Waals surface area contributed by atoms with Gasteiger partial charge in [0.05, 0.1) is 4.90 Å². The topological polar surface area (TPSA) is 49.7 Å². The van der Waals surface area contributed by atoms with Crippen LogP contribution < -0.4 is 0 Å². The van der Waals surface area contributed by atoms with Crippen LogP contribution in [0.2, 0.25) is 0 Å². The highest BCUT2D eigenvalue weighted by molar-refractivity contribution is 7.90. The van der Waals surface area contributed by atoms with E-state index in [0.29, 0.717) is 12.3 Å². The Balaban J connectivity index is 2.51. The summed E-state index contributed by atoms with van der Waals surface area (Å²) in [5.41, 5.74) is 1.79.